The highest BCUT2D eigenvalue weighted by Crippen LogP contribution is 2.45. The average Bonchev–Trinajstić information content (AvgIpc) is 3.42. The number of para-hydroxylation sites is 1. The zero-order chi connectivity index (χ0) is 21.1. The van der Waals surface area contributed by atoms with Crippen molar-refractivity contribution in [1.82, 2.24) is 4.90 Å². The first-order chi connectivity index (χ1) is 15.2. The highest BCUT2D eigenvalue weighted by Gasteiger charge is 2.33. The number of thioether (sulfide) groups is 1. The fraction of sp³-hybridized carbons (Fsp3) is 0.120. The maximum Gasteiger partial charge on any atom is 0.271 e. The number of rotatable bonds is 3. The van der Waals surface area contributed by atoms with E-state index in [-0.39, 0.29) is 5.91 Å². The number of anilines is 1. The van der Waals surface area contributed by atoms with Crippen LogP contribution in [-0.2, 0) is 4.79 Å². The van der Waals surface area contributed by atoms with Crippen molar-refractivity contribution < 1.29 is 4.79 Å². The summed E-state index contributed by atoms with van der Waals surface area (Å²) in [5.41, 5.74) is 3.99. The van der Waals surface area contributed by atoms with E-state index in [0.717, 1.165) is 37.8 Å². The van der Waals surface area contributed by atoms with E-state index in [1.54, 1.807) is 11.8 Å². The highest BCUT2D eigenvalue weighted by atomic mass is 32.2. The Morgan fingerprint density at radius 1 is 1.03 bits per heavy atom. The van der Waals surface area contributed by atoms with Crippen LogP contribution < -0.4 is 4.90 Å². The van der Waals surface area contributed by atoms with Crippen molar-refractivity contribution in [3.8, 4) is 0 Å². The Morgan fingerprint density at radius 3 is 2.65 bits per heavy atom. The summed E-state index contributed by atoms with van der Waals surface area (Å²) in [5.74, 6) is 0.0334. The Kier molecular flexibility index (Phi) is 4.20. The molecule has 0 N–H and O–H groups in total. The first kappa shape index (κ1) is 18.7. The average molecular weight is 442 g/mol. The molecule has 0 bridgehead atoms. The van der Waals surface area contributed by atoms with Crippen LogP contribution in [0.15, 0.2) is 81.7 Å². The summed E-state index contributed by atoms with van der Waals surface area (Å²) in [5, 5.41) is 3.41. The van der Waals surface area contributed by atoms with Gasteiger partial charge in [0.2, 0.25) is 0 Å². The Balaban J connectivity index is 1.47. The highest BCUT2D eigenvalue weighted by molar-refractivity contribution is 8.04. The van der Waals surface area contributed by atoms with Gasteiger partial charge >= 0.3 is 0 Å². The lowest BCUT2D eigenvalue weighted by atomic mass is 10.0. The Bertz CT molecular complexity index is 1420. The number of fused-ring (bicyclic) bond motifs is 1. The molecule has 0 aromatic heterocycles. The molecule has 6 heteroatoms. The molecule has 0 atom stereocenters. The standard InChI is InChI=1S/C25H19N3OS2/c1-3-28-21(14-20-27(2)18-12-4-5-13-19(18)30-20)31-24(25(28)29)23-16-10-6-8-15-9-7-11-17(26-23)22(15)16/h4-14H,3H2,1-2H3. The molecular weight excluding hydrogens is 422 g/mol. The maximum absolute atomic E-state index is 13.4. The van der Waals surface area contributed by atoms with Gasteiger partial charge in [0.05, 0.1) is 22.1 Å². The summed E-state index contributed by atoms with van der Waals surface area (Å²) in [4.78, 5) is 25.2. The van der Waals surface area contributed by atoms with Gasteiger partial charge in [-0.15, -0.1) is 10.9 Å². The van der Waals surface area contributed by atoms with Crippen molar-refractivity contribution in [2.45, 2.75) is 11.8 Å². The molecule has 0 spiro atoms. The zero-order valence-electron chi connectivity index (χ0n) is 17.1. The molecule has 3 aliphatic rings. The van der Waals surface area contributed by atoms with E-state index in [4.69, 9.17) is 4.99 Å². The van der Waals surface area contributed by atoms with E-state index >= 15 is 0 Å². The lowest BCUT2D eigenvalue weighted by Gasteiger charge is -2.18. The fourth-order valence-electron chi connectivity index (χ4n) is 4.30. The van der Waals surface area contributed by atoms with Gasteiger partial charge in [-0.05, 0) is 30.5 Å². The maximum atomic E-state index is 13.4. The van der Waals surface area contributed by atoms with Gasteiger partial charge in [0.15, 0.2) is 0 Å². The molecule has 152 valence electrons. The van der Waals surface area contributed by atoms with Crippen molar-refractivity contribution in [2.24, 2.45) is 4.99 Å². The minimum Gasteiger partial charge on any atom is -0.338 e. The predicted molar refractivity (Wildman–Crippen MR) is 134 cm³/mol. The minimum absolute atomic E-state index is 0.0334. The van der Waals surface area contributed by atoms with Gasteiger partial charge in [-0.2, -0.15) is 0 Å². The van der Waals surface area contributed by atoms with Gasteiger partial charge in [-0.25, -0.2) is 4.99 Å². The van der Waals surface area contributed by atoms with Crippen LogP contribution in [0.25, 0.3) is 10.8 Å². The third-order valence-corrected chi connectivity index (χ3v) is 8.12. The van der Waals surface area contributed by atoms with Crippen LogP contribution in [0.1, 0.15) is 12.5 Å². The largest absolute Gasteiger partial charge is 0.338 e. The molecule has 3 aromatic carbocycles. The van der Waals surface area contributed by atoms with E-state index in [0.29, 0.717) is 11.4 Å². The van der Waals surface area contributed by atoms with Crippen molar-refractivity contribution in [1.29, 1.82) is 0 Å². The summed E-state index contributed by atoms with van der Waals surface area (Å²) in [6.07, 6.45) is 2.13. The van der Waals surface area contributed by atoms with Gasteiger partial charge in [0, 0.05) is 35.5 Å². The number of carbonyl (C=O) groups is 1. The number of hydrogen-bond donors (Lipinski definition) is 0. The van der Waals surface area contributed by atoms with Crippen LogP contribution >= 0.6 is 22.7 Å². The smallest absolute Gasteiger partial charge is 0.271 e. The minimum atomic E-state index is 0.0334. The van der Waals surface area contributed by atoms with Gasteiger partial charge in [-0.1, -0.05) is 54.2 Å². The summed E-state index contributed by atoms with van der Waals surface area (Å²) in [7, 11) is 3.61. The van der Waals surface area contributed by atoms with Crippen molar-refractivity contribution in [3.63, 3.8) is 0 Å². The lowest BCUT2D eigenvalue weighted by molar-refractivity contribution is -0.119. The molecule has 0 aliphatic carbocycles. The fourth-order valence-corrected chi connectivity index (χ4v) is 6.61. The summed E-state index contributed by atoms with van der Waals surface area (Å²) < 4.78 is 0. The van der Waals surface area contributed by atoms with Gasteiger partial charge in [0.1, 0.15) is 9.85 Å². The van der Waals surface area contributed by atoms with Gasteiger partial charge in [-0.3, -0.25) is 9.69 Å². The molecule has 4 nitrogen and oxygen atoms in total. The van der Waals surface area contributed by atoms with E-state index < -0.39 is 0 Å². The summed E-state index contributed by atoms with van der Waals surface area (Å²) in [6, 6.07) is 20.7. The summed E-state index contributed by atoms with van der Waals surface area (Å²) in [6.45, 7) is 2.65. The molecule has 0 fully saturated rings. The topological polar surface area (TPSA) is 35.9 Å². The van der Waals surface area contributed by atoms with E-state index in [1.807, 2.05) is 30.0 Å². The molecule has 0 saturated carbocycles. The van der Waals surface area contributed by atoms with Crippen LogP contribution in [0.3, 0.4) is 0 Å². The second kappa shape index (κ2) is 6.97. The third kappa shape index (κ3) is 2.75. The normalized spacial score (nSPS) is 18.3. The van der Waals surface area contributed by atoms with Crippen LogP contribution in [0.4, 0.5) is 11.4 Å². The molecule has 6 rings (SSSR count). The van der Waals surface area contributed by atoms with E-state index in [9.17, 15) is 4.79 Å². The number of aliphatic imine (C=N–C) groups is 1. The monoisotopic (exact) mass is 441 g/mol. The Morgan fingerprint density at radius 2 is 1.84 bits per heavy atom. The van der Waals surface area contributed by atoms with Gasteiger partial charge in [0.25, 0.3) is 5.91 Å². The van der Waals surface area contributed by atoms with Crippen molar-refractivity contribution in [2.75, 3.05) is 18.5 Å². The Labute approximate surface area is 188 Å². The summed E-state index contributed by atoms with van der Waals surface area (Å²) >= 11 is 1.74. The third-order valence-electron chi connectivity index (χ3n) is 5.83. The predicted octanol–water partition coefficient (Wildman–Crippen LogP) is 5.26. The molecule has 0 radical (unpaired) electrons. The molecule has 3 heterocycles. The molecule has 3 aliphatic heterocycles. The number of hydrogen-bond acceptors (Lipinski definition) is 4. The molecular formula is C25H19N3OS2. The number of benzene rings is 3. The van der Waals surface area contributed by atoms with Crippen molar-refractivity contribution in [3.05, 3.63) is 77.3 Å². The molecule has 31 heavy (non-hydrogen) atoms. The number of nitrogens with zero attached hydrogens (tertiary/aromatic N) is 3. The SMILES string of the molecule is CCN1C(=O)C(C2=Nc3cccc4cccc2c34)=S=C1C=C1Sc2ccccc2N1C. The molecule has 1 amide bonds. The molecule has 0 saturated heterocycles. The van der Waals surface area contributed by atoms with Gasteiger partial charge < -0.3 is 4.90 Å². The first-order valence-corrected chi connectivity index (χ1v) is 11.9. The zero-order valence-corrected chi connectivity index (χ0v) is 18.8. The molecule has 0 unspecified atom stereocenters. The van der Waals surface area contributed by atoms with Crippen LogP contribution in [0.2, 0.25) is 0 Å². The van der Waals surface area contributed by atoms with E-state index in [1.165, 1.54) is 21.5 Å². The quantitative estimate of drug-likeness (QED) is 0.411. The number of carbonyl (C=O) groups excluding carboxylic acids is 1. The second-order valence-electron chi connectivity index (χ2n) is 7.57. The first-order valence-electron chi connectivity index (χ1n) is 10.2. The van der Waals surface area contributed by atoms with E-state index in [2.05, 4.69) is 60.5 Å². The van der Waals surface area contributed by atoms with Crippen LogP contribution in [0.5, 0.6) is 0 Å². The van der Waals surface area contributed by atoms with Crippen LogP contribution in [-0.4, -0.2) is 40.0 Å². The van der Waals surface area contributed by atoms with Crippen molar-refractivity contribution >= 4 is 66.3 Å². The van der Waals surface area contributed by atoms with Crippen LogP contribution in [0, 0.1) is 0 Å². The Hall–Kier alpha value is -3.09. The number of amides is 1. The second-order valence-corrected chi connectivity index (χ2v) is 9.66. The lowest BCUT2D eigenvalue weighted by Crippen LogP contribution is -2.37. The number of likely N-dealkylation sites (N-methyl/N-ethyl adjacent to an activating group) is 1. The molecule has 3 aromatic rings.